The van der Waals surface area contributed by atoms with Gasteiger partial charge in [-0.25, -0.2) is 9.97 Å². The largest absolute Gasteiger partial charge is 0.228 e. The van der Waals surface area contributed by atoms with Crippen LogP contribution < -0.4 is 0 Å². The number of fused-ring (bicyclic) bond motifs is 8. The van der Waals surface area contributed by atoms with Crippen LogP contribution in [0.5, 0.6) is 0 Å². The molecule has 0 N–H and O–H groups in total. The van der Waals surface area contributed by atoms with Gasteiger partial charge < -0.3 is 0 Å². The number of benzene rings is 6. The highest BCUT2D eigenvalue weighted by Crippen LogP contribution is 2.63. The lowest BCUT2D eigenvalue weighted by Gasteiger charge is -2.41. The van der Waals surface area contributed by atoms with Gasteiger partial charge in [-0.3, -0.25) is 0 Å². The highest BCUT2D eigenvalue weighted by atomic mass is 14.9. The molecule has 57 heavy (non-hydrogen) atoms. The van der Waals surface area contributed by atoms with Crippen molar-refractivity contribution >= 4 is 5.57 Å². The zero-order chi connectivity index (χ0) is 38.1. The van der Waals surface area contributed by atoms with Crippen LogP contribution in [-0.2, 0) is 10.8 Å². The summed E-state index contributed by atoms with van der Waals surface area (Å²) in [5, 5.41) is 0. The molecule has 0 radical (unpaired) electrons. The van der Waals surface area contributed by atoms with Gasteiger partial charge in [0.05, 0.1) is 11.4 Å². The Kier molecular flexibility index (Phi) is 7.93. The van der Waals surface area contributed by atoms with Crippen LogP contribution in [0.2, 0.25) is 0 Å². The Morgan fingerprint density at radius 3 is 1.81 bits per heavy atom. The second-order valence-corrected chi connectivity index (χ2v) is 17.3. The molecule has 1 saturated carbocycles. The summed E-state index contributed by atoms with van der Waals surface area (Å²) >= 11 is 0. The molecule has 0 bridgehead atoms. The zero-order valence-electron chi connectivity index (χ0n) is 32.8. The van der Waals surface area contributed by atoms with Gasteiger partial charge in [-0.05, 0) is 92.6 Å². The molecule has 6 aromatic carbocycles. The Balaban J connectivity index is 0.926. The summed E-state index contributed by atoms with van der Waals surface area (Å²) in [6.07, 6.45) is 12.1. The maximum Gasteiger partial charge on any atom is 0.160 e. The van der Waals surface area contributed by atoms with E-state index in [0.29, 0.717) is 11.8 Å². The van der Waals surface area contributed by atoms with Crippen molar-refractivity contribution < 1.29 is 0 Å². The van der Waals surface area contributed by atoms with E-state index in [4.69, 9.17) is 9.97 Å². The molecule has 0 aliphatic heterocycles. The molecule has 4 aliphatic rings. The van der Waals surface area contributed by atoms with Crippen LogP contribution in [0.4, 0.5) is 0 Å². The van der Waals surface area contributed by atoms with Gasteiger partial charge in [0.2, 0.25) is 0 Å². The minimum Gasteiger partial charge on any atom is -0.228 e. The van der Waals surface area contributed by atoms with Crippen molar-refractivity contribution in [3.63, 3.8) is 0 Å². The van der Waals surface area contributed by atoms with E-state index in [0.717, 1.165) is 33.9 Å². The van der Waals surface area contributed by atoms with Gasteiger partial charge in [-0.15, -0.1) is 0 Å². The molecule has 276 valence electrons. The first-order valence-electron chi connectivity index (χ1n) is 20.9. The molecule has 1 aromatic heterocycles. The Morgan fingerprint density at radius 1 is 0.474 bits per heavy atom. The van der Waals surface area contributed by atoms with Crippen LogP contribution >= 0.6 is 0 Å². The summed E-state index contributed by atoms with van der Waals surface area (Å²) in [7, 11) is 0. The monoisotopic (exact) mass is 734 g/mol. The molecular formula is C55H46N2. The van der Waals surface area contributed by atoms with Crippen LogP contribution in [0.1, 0.15) is 74.1 Å². The molecule has 1 fully saturated rings. The summed E-state index contributed by atoms with van der Waals surface area (Å²) in [6.45, 7) is 4.87. The third-order valence-electron chi connectivity index (χ3n) is 13.8. The fraction of sp³-hybridized carbons (Fsp3) is 0.200. The van der Waals surface area contributed by atoms with Crippen LogP contribution in [0, 0.1) is 5.92 Å². The third-order valence-corrected chi connectivity index (χ3v) is 13.8. The fourth-order valence-electron chi connectivity index (χ4n) is 10.9. The van der Waals surface area contributed by atoms with Gasteiger partial charge in [0.15, 0.2) is 5.82 Å². The van der Waals surface area contributed by atoms with Crippen molar-refractivity contribution in [1.82, 2.24) is 9.97 Å². The third kappa shape index (κ3) is 5.52. The van der Waals surface area contributed by atoms with E-state index < -0.39 is 0 Å². The molecule has 2 unspecified atom stereocenters. The second kappa shape index (κ2) is 13.2. The number of hydrogen-bond donors (Lipinski definition) is 0. The average Bonchev–Trinajstić information content (AvgIpc) is 3.66. The lowest BCUT2D eigenvalue weighted by atomic mass is 9.62. The van der Waals surface area contributed by atoms with Crippen molar-refractivity contribution in [2.45, 2.75) is 62.7 Å². The molecular weight excluding hydrogens is 689 g/mol. The fourth-order valence-corrected chi connectivity index (χ4v) is 10.9. The Morgan fingerprint density at radius 2 is 1.07 bits per heavy atom. The number of hydrogen-bond acceptors (Lipinski definition) is 2. The van der Waals surface area contributed by atoms with E-state index in [1.54, 1.807) is 11.1 Å². The van der Waals surface area contributed by atoms with E-state index >= 15 is 0 Å². The number of allylic oxidation sites excluding steroid dienone is 4. The first kappa shape index (κ1) is 34.2. The maximum atomic E-state index is 5.09. The predicted molar refractivity (Wildman–Crippen MR) is 236 cm³/mol. The lowest BCUT2D eigenvalue weighted by Crippen LogP contribution is -2.35. The van der Waals surface area contributed by atoms with Crippen molar-refractivity contribution in [3.05, 3.63) is 198 Å². The van der Waals surface area contributed by atoms with Crippen molar-refractivity contribution in [3.8, 4) is 56.2 Å². The minimum atomic E-state index is -0.0236. The van der Waals surface area contributed by atoms with Crippen molar-refractivity contribution in [1.29, 1.82) is 0 Å². The van der Waals surface area contributed by atoms with Gasteiger partial charge in [-0.1, -0.05) is 185 Å². The normalized spacial score (nSPS) is 19.5. The molecule has 0 amide bonds. The lowest BCUT2D eigenvalue weighted by molar-refractivity contribution is 0.233. The first-order chi connectivity index (χ1) is 28.0. The van der Waals surface area contributed by atoms with E-state index in [1.807, 2.05) is 24.3 Å². The van der Waals surface area contributed by atoms with Gasteiger partial charge >= 0.3 is 0 Å². The highest BCUT2D eigenvalue weighted by molar-refractivity contribution is 5.93. The van der Waals surface area contributed by atoms with Gasteiger partial charge in [0, 0.05) is 33.4 Å². The van der Waals surface area contributed by atoms with Gasteiger partial charge in [-0.2, -0.15) is 0 Å². The van der Waals surface area contributed by atoms with Crippen LogP contribution in [-0.4, -0.2) is 9.97 Å². The molecule has 0 saturated heterocycles. The Labute approximate surface area is 336 Å². The van der Waals surface area contributed by atoms with E-state index in [9.17, 15) is 0 Å². The summed E-state index contributed by atoms with van der Waals surface area (Å²) < 4.78 is 0. The summed E-state index contributed by atoms with van der Waals surface area (Å²) in [6, 6.07) is 57.3. The standard InChI is InChI=1S/C55H46N2/c1-54(2)47-28-27-41(32-44(47)46-34-50-45(33-49(46)54)43-21-10-11-22-48(43)55(50)29-12-5-13-30-55)37-25-23-36(24-26-37)40-19-14-20-42(31-40)52-35-51(38-15-6-3-7-16-38)56-53(57-52)39-17-8-4-9-18-39/h3-4,6-11,14-28,31-35,45,50H,5,12-13,29-30H2,1-2H3. The Hall–Kier alpha value is -6.12. The summed E-state index contributed by atoms with van der Waals surface area (Å²) in [5.41, 5.74) is 19.2. The minimum absolute atomic E-state index is 0.0236. The highest BCUT2D eigenvalue weighted by Gasteiger charge is 2.53. The quantitative estimate of drug-likeness (QED) is 0.176. The summed E-state index contributed by atoms with van der Waals surface area (Å²) in [4.78, 5) is 10.1. The predicted octanol–water partition coefficient (Wildman–Crippen LogP) is 14.0. The molecule has 7 aromatic rings. The number of rotatable bonds is 5. The molecule has 1 spiro atoms. The molecule has 2 heteroatoms. The molecule has 11 rings (SSSR count). The molecule has 1 heterocycles. The van der Waals surface area contributed by atoms with Gasteiger partial charge in [0.25, 0.3) is 0 Å². The topological polar surface area (TPSA) is 25.8 Å². The van der Waals surface area contributed by atoms with Gasteiger partial charge in [0.1, 0.15) is 0 Å². The Bertz CT molecular complexity index is 2670. The first-order valence-corrected chi connectivity index (χ1v) is 20.9. The van der Waals surface area contributed by atoms with Crippen LogP contribution in [0.25, 0.3) is 61.7 Å². The summed E-state index contributed by atoms with van der Waals surface area (Å²) in [5.74, 6) is 1.74. The van der Waals surface area contributed by atoms with Crippen LogP contribution in [0.15, 0.2) is 175 Å². The molecule has 2 nitrogen and oxygen atoms in total. The zero-order valence-corrected chi connectivity index (χ0v) is 32.8. The molecule has 2 atom stereocenters. The van der Waals surface area contributed by atoms with E-state index in [-0.39, 0.29) is 10.8 Å². The van der Waals surface area contributed by atoms with E-state index in [2.05, 4.69) is 159 Å². The van der Waals surface area contributed by atoms with Crippen molar-refractivity contribution in [2.24, 2.45) is 5.92 Å². The van der Waals surface area contributed by atoms with Crippen molar-refractivity contribution in [2.75, 3.05) is 0 Å². The maximum absolute atomic E-state index is 5.09. The second-order valence-electron chi connectivity index (χ2n) is 17.3. The van der Waals surface area contributed by atoms with E-state index in [1.165, 1.54) is 76.6 Å². The smallest absolute Gasteiger partial charge is 0.160 e. The number of nitrogens with zero attached hydrogens (tertiary/aromatic N) is 2. The average molecular weight is 735 g/mol. The SMILES string of the molecule is CC1(C)C2=CC3c4ccccc4C4(CCCCC4)C3C=C2c2cc(-c3ccc(-c4cccc(-c5cc(-c6ccccc6)nc(-c6ccccc6)n5)c4)cc3)ccc21. The van der Waals surface area contributed by atoms with Crippen LogP contribution in [0.3, 0.4) is 0 Å². The molecule has 4 aliphatic carbocycles. The number of aromatic nitrogens is 2.